The van der Waals surface area contributed by atoms with Crippen molar-refractivity contribution in [2.45, 2.75) is 46.6 Å². The lowest BCUT2D eigenvalue weighted by Gasteiger charge is -2.32. The van der Waals surface area contributed by atoms with Crippen LogP contribution in [0.3, 0.4) is 0 Å². The van der Waals surface area contributed by atoms with Crippen LogP contribution in [0.4, 0.5) is 4.79 Å². The fourth-order valence-electron chi connectivity index (χ4n) is 3.23. The molecule has 7 heteroatoms. The fourth-order valence-corrected chi connectivity index (χ4v) is 3.23. The second-order valence-corrected chi connectivity index (χ2v) is 7.44. The van der Waals surface area contributed by atoms with Crippen molar-refractivity contribution in [3.05, 3.63) is 17.5 Å². The largest absolute Gasteiger partial charge is 0.349 e. The molecule has 0 unspecified atom stereocenters. The van der Waals surface area contributed by atoms with Gasteiger partial charge in [0, 0.05) is 38.4 Å². The zero-order valence-corrected chi connectivity index (χ0v) is 16.0. The summed E-state index contributed by atoms with van der Waals surface area (Å²) in [5, 5.41) is 10.3. The van der Waals surface area contributed by atoms with Gasteiger partial charge in [-0.05, 0) is 32.6 Å². The highest BCUT2D eigenvalue weighted by Gasteiger charge is 2.29. The third-order valence-corrected chi connectivity index (χ3v) is 4.62. The number of amides is 3. The zero-order chi connectivity index (χ0) is 18.6. The van der Waals surface area contributed by atoms with Crippen LogP contribution in [0.2, 0.25) is 0 Å². The number of rotatable bonds is 5. The van der Waals surface area contributed by atoms with E-state index >= 15 is 0 Å². The van der Waals surface area contributed by atoms with Crippen molar-refractivity contribution < 1.29 is 9.59 Å². The summed E-state index contributed by atoms with van der Waals surface area (Å²) >= 11 is 0. The Bertz CT molecular complexity index is 611. The van der Waals surface area contributed by atoms with Crippen molar-refractivity contribution in [2.75, 3.05) is 19.6 Å². The van der Waals surface area contributed by atoms with Gasteiger partial charge >= 0.3 is 6.03 Å². The summed E-state index contributed by atoms with van der Waals surface area (Å²) in [6.45, 7) is 9.89. The monoisotopic (exact) mass is 349 g/mol. The van der Waals surface area contributed by atoms with Gasteiger partial charge in [0.25, 0.3) is 0 Å². The SMILES string of the molecule is Cc1nn(C)cc1[C@H](C)NC(=O)[C@@H]1CCCN(C(=O)NCC(C)C)C1. The van der Waals surface area contributed by atoms with Gasteiger partial charge in [0.2, 0.25) is 5.91 Å². The van der Waals surface area contributed by atoms with Crippen LogP contribution in [0, 0.1) is 18.8 Å². The first kappa shape index (κ1) is 19.3. The number of urea groups is 1. The van der Waals surface area contributed by atoms with Crippen LogP contribution in [-0.4, -0.2) is 46.3 Å². The van der Waals surface area contributed by atoms with Crippen molar-refractivity contribution in [3.8, 4) is 0 Å². The van der Waals surface area contributed by atoms with E-state index in [0.29, 0.717) is 25.6 Å². The molecule has 25 heavy (non-hydrogen) atoms. The van der Waals surface area contributed by atoms with E-state index in [0.717, 1.165) is 24.1 Å². The quantitative estimate of drug-likeness (QED) is 0.853. The number of aromatic nitrogens is 2. The number of aryl methyl sites for hydroxylation is 2. The van der Waals surface area contributed by atoms with Crippen molar-refractivity contribution >= 4 is 11.9 Å². The Kier molecular flexibility index (Phi) is 6.45. The molecule has 2 N–H and O–H groups in total. The van der Waals surface area contributed by atoms with Gasteiger partial charge in [-0.15, -0.1) is 0 Å². The molecule has 0 aromatic carbocycles. The molecule has 7 nitrogen and oxygen atoms in total. The standard InChI is InChI=1S/C18H31N5O2/c1-12(2)9-19-18(25)23-8-6-7-15(10-23)17(24)20-13(3)16-11-22(5)21-14(16)4/h11-13,15H,6-10H2,1-5H3,(H,19,25)(H,20,24)/t13-,15+/m0/s1. The molecule has 0 bridgehead atoms. The highest BCUT2D eigenvalue weighted by atomic mass is 16.2. The molecule has 1 aromatic rings. The van der Waals surface area contributed by atoms with Crippen molar-refractivity contribution in [1.29, 1.82) is 0 Å². The maximum atomic E-state index is 12.6. The van der Waals surface area contributed by atoms with E-state index in [1.165, 1.54) is 0 Å². The summed E-state index contributed by atoms with van der Waals surface area (Å²) in [5.41, 5.74) is 1.95. The minimum absolute atomic E-state index is 0.0112. The topological polar surface area (TPSA) is 79.3 Å². The van der Waals surface area contributed by atoms with Gasteiger partial charge in [0.05, 0.1) is 17.7 Å². The number of hydrogen-bond acceptors (Lipinski definition) is 3. The number of carbonyl (C=O) groups excluding carboxylic acids is 2. The third-order valence-electron chi connectivity index (χ3n) is 4.62. The summed E-state index contributed by atoms with van der Waals surface area (Å²) in [7, 11) is 1.87. The van der Waals surface area contributed by atoms with E-state index < -0.39 is 0 Å². The maximum absolute atomic E-state index is 12.6. The predicted octanol–water partition coefficient (Wildman–Crippen LogP) is 1.98. The summed E-state index contributed by atoms with van der Waals surface area (Å²) in [5.74, 6) is 0.270. The summed E-state index contributed by atoms with van der Waals surface area (Å²) < 4.78 is 1.76. The lowest BCUT2D eigenvalue weighted by atomic mass is 9.96. The molecule has 1 aliphatic rings. The van der Waals surface area contributed by atoms with Crippen molar-refractivity contribution in [1.82, 2.24) is 25.3 Å². The van der Waals surface area contributed by atoms with Crippen LogP contribution < -0.4 is 10.6 Å². The number of carbonyl (C=O) groups is 2. The van der Waals surface area contributed by atoms with Crippen LogP contribution in [0.1, 0.15) is 50.9 Å². The van der Waals surface area contributed by atoms with Gasteiger partial charge in [-0.25, -0.2) is 4.79 Å². The number of piperidine rings is 1. The Morgan fingerprint density at radius 2 is 2.08 bits per heavy atom. The minimum Gasteiger partial charge on any atom is -0.349 e. The predicted molar refractivity (Wildman–Crippen MR) is 97.0 cm³/mol. The summed E-state index contributed by atoms with van der Waals surface area (Å²) in [6, 6.07) is -0.159. The molecule has 2 atom stereocenters. The van der Waals surface area contributed by atoms with E-state index in [-0.39, 0.29) is 23.9 Å². The van der Waals surface area contributed by atoms with E-state index in [9.17, 15) is 9.59 Å². The van der Waals surface area contributed by atoms with Gasteiger partial charge in [-0.3, -0.25) is 9.48 Å². The molecule has 0 spiro atoms. The van der Waals surface area contributed by atoms with E-state index in [1.54, 1.807) is 9.58 Å². The molecule has 2 heterocycles. The third kappa shape index (κ3) is 5.21. The fraction of sp³-hybridized carbons (Fsp3) is 0.722. The van der Waals surface area contributed by atoms with Gasteiger partial charge in [-0.2, -0.15) is 5.10 Å². The molecule has 1 aromatic heterocycles. The Morgan fingerprint density at radius 3 is 2.68 bits per heavy atom. The Hall–Kier alpha value is -2.05. The van der Waals surface area contributed by atoms with E-state index in [2.05, 4.69) is 29.6 Å². The molecule has 140 valence electrons. The van der Waals surface area contributed by atoms with Gasteiger partial charge in [-0.1, -0.05) is 13.8 Å². The highest BCUT2D eigenvalue weighted by Crippen LogP contribution is 2.20. The Labute approximate surface area is 150 Å². The zero-order valence-electron chi connectivity index (χ0n) is 16.0. The first-order chi connectivity index (χ1) is 11.8. The molecule has 0 aliphatic carbocycles. The molecule has 3 amide bonds. The lowest BCUT2D eigenvalue weighted by molar-refractivity contribution is -0.126. The summed E-state index contributed by atoms with van der Waals surface area (Å²) in [6.07, 6.45) is 3.61. The molecule has 1 saturated heterocycles. The lowest BCUT2D eigenvalue weighted by Crippen LogP contribution is -2.49. The molecule has 0 saturated carbocycles. The van der Waals surface area contributed by atoms with Crippen LogP contribution in [0.5, 0.6) is 0 Å². The highest BCUT2D eigenvalue weighted by molar-refractivity contribution is 5.81. The second-order valence-electron chi connectivity index (χ2n) is 7.44. The van der Waals surface area contributed by atoms with Gasteiger partial charge in [0.15, 0.2) is 0 Å². The van der Waals surface area contributed by atoms with Crippen LogP contribution in [-0.2, 0) is 11.8 Å². The normalized spacial score (nSPS) is 19.0. The molecular formula is C18H31N5O2. The molecule has 1 aliphatic heterocycles. The Balaban J connectivity index is 1.90. The minimum atomic E-state index is -0.155. The first-order valence-corrected chi connectivity index (χ1v) is 9.11. The van der Waals surface area contributed by atoms with Crippen LogP contribution in [0.25, 0.3) is 0 Å². The summed E-state index contributed by atoms with van der Waals surface area (Å²) in [4.78, 5) is 26.6. The van der Waals surface area contributed by atoms with E-state index in [4.69, 9.17) is 0 Å². The number of likely N-dealkylation sites (tertiary alicyclic amines) is 1. The van der Waals surface area contributed by atoms with Gasteiger partial charge in [0.1, 0.15) is 0 Å². The first-order valence-electron chi connectivity index (χ1n) is 9.11. The molecular weight excluding hydrogens is 318 g/mol. The Morgan fingerprint density at radius 1 is 1.36 bits per heavy atom. The number of hydrogen-bond donors (Lipinski definition) is 2. The van der Waals surface area contributed by atoms with E-state index in [1.807, 2.05) is 27.1 Å². The second kappa shape index (κ2) is 8.36. The average molecular weight is 349 g/mol. The van der Waals surface area contributed by atoms with Crippen molar-refractivity contribution in [3.63, 3.8) is 0 Å². The molecule has 1 fully saturated rings. The van der Waals surface area contributed by atoms with Crippen LogP contribution in [0.15, 0.2) is 6.20 Å². The molecule has 2 rings (SSSR count). The van der Waals surface area contributed by atoms with Gasteiger partial charge < -0.3 is 15.5 Å². The average Bonchev–Trinajstić information content (AvgIpc) is 2.91. The van der Waals surface area contributed by atoms with Crippen molar-refractivity contribution in [2.24, 2.45) is 18.9 Å². The number of nitrogens with one attached hydrogen (secondary N) is 2. The van der Waals surface area contributed by atoms with Crippen LogP contribution >= 0.6 is 0 Å². The maximum Gasteiger partial charge on any atom is 0.317 e. The number of nitrogens with zero attached hydrogens (tertiary/aromatic N) is 3. The smallest absolute Gasteiger partial charge is 0.317 e. The molecule has 0 radical (unpaired) electrons.